The lowest BCUT2D eigenvalue weighted by Crippen LogP contribution is -2.43. The lowest BCUT2D eigenvalue weighted by molar-refractivity contribution is 0.203. The van der Waals surface area contributed by atoms with E-state index in [1.165, 1.54) is 29.8 Å². The molecule has 198 valence electrons. The van der Waals surface area contributed by atoms with E-state index >= 15 is 0 Å². The molecule has 0 spiro atoms. The van der Waals surface area contributed by atoms with Gasteiger partial charge in [0, 0.05) is 22.4 Å². The Kier molecular flexibility index (Phi) is 13.6. The van der Waals surface area contributed by atoms with Crippen molar-refractivity contribution in [2.24, 2.45) is 16.8 Å². The highest BCUT2D eigenvalue weighted by molar-refractivity contribution is 7.97. The molecule has 1 fully saturated rings. The van der Waals surface area contributed by atoms with Crippen LogP contribution in [0.25, 0.3) is 0 Å². The molecule has 37 heavy (non-hydrogen) atoms. The Morgan fingerprint density at radius 3 is 2.11 bits per heavy atom. The fraction of sp³-hybridized carbons (Fsp3) is 0.367. The summed E-state index contributed by atoms with van der Waals surface area (Å²) in [6, 6.07) is 30.4. The molecule has 0 aromatic heterocycles. The quantitative estimate of drug-likeness (QED) is 0.0770. The molecule has 1 heterocycles. The van der Waals surface area contributed by atoms with Gasteiger partial charge in [-0.15, -0.1) is 0 Å². The minimum absolute atomic E-state index is 0.448. The zero-order valence-electron chi connectivity index (χ0n) is 21.8. The summed E-state index contributed by atoms with van der Waals surface area (Å²) in [6.07, 6.45) is 4.72. The number of piperidine rings is 1. The van der Waals surface area contributed by atoms with E-state index in [2.05, 4.69) is 76.3 Å². The summed E-state index contributed by atoms with van der Waals surface area (Å²) in [4.78, 5) is 8.64. The number of amidine groups is 1. The topological polar surface area (TPSA) is 56.9 Å². The van der Waals surface area contributed by atoms with Crippen molar-refractivity contribution in [2.75, 3.05) is 33.2 Å². The Hall–Kier alpha value is -2.35. The van der Waals surface area contributed by atoms with Gasteiger partial charge in [-0.25, -0.2) is 10.1 Å². The van der Waals surface area contributed by atoms with E-state index in [0.717, 1.165) is 43.3 Å². The second kappa shape index (κ2) is 17.2. The molecule has 0 aliphatic carbocycles. The number of nitrogens with one attached hydrogen (secondary N) is 1. The second-order valence-corrected chi connectivity index (χ2v) is 10.9. The minimum atomic E-state index is 0.448. The largest absolute Gasteiger partial charge is 0.312 e. The molecule has 0 amide bonds. The minimum Gasteiger partial charge on any atom is -0.312 e. The first-order valence-electron chi connectivity index (χ1n) is 13.1. The van der Waals surface area contributed by atoms with E-state index in [4.69, 9.17) is 22.4 Å². The van der Waals surface area contributed by atoms with Crippen LogP contribution in [0.1, 0.15) is 31.2 Å². The zero-order valence-corrected chi connectivity index (χ0v) is 23.4. The van der Waals surface area contributed by atoms with Gasteiger partial charge in [-0.3, -0.25) is 4.99 Å². The Balaban J connectivity index is 0.000000468. The maximum Gasteiger partial charge on any atom is 0.114 e. The van der Waals surface area contributed by atoms with Crippen molar-refractivity contribution < 1.29 is 0 Å². The first kappa shape index (κ1) is 29.2. The standard InChI is InChI=1S/C24H35N5S.C6H5Cl/c1-28(30-23-12-6-3-7-13-23)16-8-9-17-29-18-14-22(15-19-29)24(27-25)26-20-21-10-4-2-5-11-21;7-6-4-2-1-3-5-6/h2-7,10-13,22H,8-9,14-20,25H2,1H3,(H,26,27);1-5H. The number of hydrogen-bond acceptors (Lipinski definition) is 5. The molecule has 0 radical (unpaired) electrons. The van der Waals surface area contributed by atoms with Crippen LogP contribution in [0, 0.1) is 5.92 Å². The van der Waals surface area contributed by atoms with Crippen LogP contribution in [0.5, 0.6) is 0 Å². The Bertz CT molecular complexity index is 1010. The van der Waals surface area contributed by atoms with Crippen LogP contribution in [0.4, 0.5) is 0 Å². The van der Waals surface area contributed by atoms with Crippen molar-refractivity contribution in [2.45, 2.75) is 37.1 Å². The Labute approximate surface area is 232 Å². The van der Waals surface area contributed by atoms with Gasteiger partial charge >= 0.3 is 0 Å². The highest BCUT2D eigenvalue weighted by Crippen LogP contribution is 2.21. The second-order valence-electron chi connectivity index (χ2n) is 9.21. The summed E-state index contributed by atoms with van der Waals surface area (Å²) >= 11 is 7.37. The first-order chi connectivity index (χ1) is 18.1. The van der Waals surface area contributed by atoms with Gasteiger partial charge < -0.3 is 10.3 Å². The SMILES string of the molecule is CN(CCCCN1CCC(C(=NCc2ccccc2)NN)CC1)Sc1ccccc1.Clc1ccccc1. The summed E-state index contributed by atoms with van der Waals surface area (Å²) in [7, 11) is 2.18. The summed E-state index contributed by atoms with van der Waals surface area (Å²) in [5, 5.41) is 0.794. The fourth-order valence-corrected chi connectivity index (χ4v) is 5.28. The number of unbranched alkanes of at least 4 members (excludes halogenated alkanes) is 1. The van der Waals surface area contributed by atoms with Crippen molar-refractivity contribution in [3.63, 3.8) is 0 Å². The molecule has 1 saturated heterocycles. The third-order valence-electron chi connectivity index (χ3n) is 6.33. The predicted molar refractivity (Wildman–Crippen MR) is 160 cm³/mol. The number of nitrogens with zero attached hydrogens (tertiary/aromatic N) is 3. The zero-order chi connectivity index (χ0) is 26.1. The normalized spacial score (nSPS) is 14.8. The smallest absolute Gasteiger partial charge is 0.114 e. The molecule has 7 heteroatoms. The van der Waals surface area contributed by atoms with E-state index in [1.807, 2.05) is 48.3 Å². The Morgan fingerprint density at radius 1 is 0.946 bits per heavy atom. The van der Waals surface area contributed by atoms with Gasteiger partial charge in [0.15, 0.2) is 0 Å². The van der Waals surface area contributed by atoms with Crippen LogP contribution in [0.2, 0.25) is 5.02 Å². The van der Waals surface area contributed by atoms with Crippen molar-refractivity contribution >= 4 is 29.4 Å². The van der Waals surface area contributed by atoms with Crippen LogP contribution >= 0.6 is 23.5 Å². The summed E-state index contributed by atoms with van der Waals surface area (Å²) < 4.78 is 2.34. The van der Waals surface area contributed by atoms with Gasteiger partial charge in [0.25, 0.3) is 0 Å². The number of likely N-dealkylation sites (tertiary alicyclic amines) is 1. The van der Waals surface area contributed by atoms with E-state index < -0.39 is 0 Å². The molecule has 3 aromatic carbocycles. The van der Waals surface area contributed by atoms with Crippen molar-refractivity contribution in [3.05, 3.63) is 102 Å². The molecule has 1 aliphatic heterocycles. The predicted octanol–water partition coefficient (Wildman–Crippen LogP) is 6.52. The van der Waals surface area contributed by atoms with Crippen molar-refractivity contribution in [3.8, 4) is 0 Å². The third kappa shape index (κ3) is 11.7. The monoisotopic (exact) mass is 537 g/mol. The van der Waals surface area contributed by atoms with Crippen LogP contribution < -0.4 is 11.3 Å². The van der Waals surface area contributed by atoms with E-state index in [9.17, 15) is 0 Å². The van der Waals surface area contributed by atoms with Crippen molar-refractivity contribution in [1.29, 1.82) is 0 Å². The lowest BCUT2D eigenvalue weighted by atomic mass is 9.95. The maximum absolute atomic E-state index is 5.78. The molecule has 0 bridgehead atoms. The molecule has 5 nitrogen and oxygen atoms in total. The average Bonchev–Trinajstić information content (AvgIpc) is 2.94. The number of rotatable bonds is 10. The van der Waals surface area contributed by atoms with Gasteiger partial charge in [0.2, 0.25) is 0 Å². The summed E-state index contributed by atoms with van der Waals surface area (Å²) in [5.41, 5.74) is 4.09. The highest BCUT2D eigenvalue weighted by atomic mass is 35.5. The molecule has 4 rings (SSSR count). The Morgan fingerprint density at radius 2 is 1.54 bits per heavy atom. The molecular formula is C30H40ClN5S. The van der Waals surface area contributed by atoms with Gasteiger partial charge in [0.1, 0.15) is 5.84 Å². The third-order valence-corrected chi connectivity index (χ3v) is 7.56. The van der Waals surface area contributed by atoms with Crippen LogP contribution in [0.15, 0.2) is 101 Å². The first-order valence-corrected chi connectivity index (χ1v) is 14.2. The van der Waals surface area contributed by atoms with Gasteiger partial charge in [0.05, 0.1) is 6.54 Å². The van der Waals surface area contributed by atoms with Crippen LogP contribution in [0.3, 0.4) is 0 Å². The molecule has 1 aliphatic rings. The van der Waals surface area contributed by atoms with E-state index in [1.54, 1.807) is 0 Å². The molecule has 3 aromatic rings. The fourth-order valence-electron chi connectivity index (χ4n) is 4.27. The molecule has 0 unspecified atom stereocenters. The summed E-state index contributed by atoms with van der Waals surface area (Å²) in [5.74, 6) is 7.19. The number of hydrazine groups is 1. The van der Waals surface area contributed by atoms with E-state index in [0.29, 0.717) is 12.5 Å². The van der Waals surface area contributed by atoms with Crippen LogP contribution in [-0.4, -0.2) is 48.3 Å². The van der Waals surface area contributed by atoms with Gasteiger partial charge in [-0.2, -0.15) is 0 Å². The average molecular weight is 538 g/mol. The van der Waals surface area contributed by atoms with Crippen molar-refractivity contribution in [1.82, 2.24) is 14.6 Å². The van der Waals surface area contributed by atoms with E-state index in [-0.39, 0.29) is 0 Å². The molecule has 3 N–H and O–H groups in total. The number of benzene rings is 3. The molecular weight excluding hydrogens is 498 g/mol. The molecule has 0 atom stereocenters. The summed E-state index contributed by atoms with van der Waals surface area (Å²) in [6.45, 7) is 5.25. The highest BCUT2D eigenvalue weighted by Gasteiger charge is 2.22. The number of hydrogen-bond donors (Lipinski definition) is 2. The number of aliphatic imine (C=N–C) groups is 1. The van der Waals surface area contributed by atoms with Crippen LogP contribution in [-0.2, 0) is 6.54 Å². The maximum atomic E-state index is 5.78. The van der Waals surface area contributed by atoms with Gasteiger partial charge in [-0.05, 0) is 94.1 Å². The lowest BCUT2D eigenvalue weighted by Gasteiger charge is -2.32. The number of nitrogens with two attached hydrogens (primary N) is 1. The van der Waals surface area contributed by atoms with Gasteiger partial charge in [-0.1, -0.05) is 78.3 Å². The number of halogens is 1. The molecule has 0 saturated carbocycles.